The molecule has 1 fully saturated rings. The van der Waals surface area contributed by atoms with Crippen molar-refractivity contribution >= 4 is 0 Å². The van der Waals surface area contributed by atoms with E-state index in [0.717, 1.165) is 25.4 Å². The largest absolute Gasteiger partial charge is 0.330 e. The maximum atomic E-state index is 5.57. The molecule has 0 saturated carbocycles. The number of nitrogens with two attached hydrogens (primary N) is 1. The van der Waals surface area contributed by atoms with Gasteiger partial charge in [0.05, 0.1) is 6.20 Å². The molecule has 4 heteroatoms. The van der Waals surface area contributed by atoms with Gasteiger partial charge in [0.25, 0.3) is 0 Å². The van der Waals surface area contributed by atoms with Crippen LogP contribution in [0.5, 0.6) is 0 Å². The van der Waals surface area contributed by atoms with Crippen LogP contribution in [0.15, 0.2) is 12.4 Å². The van der Waals surface area contributed by atoms with Gasteiger partial charge < -0.3 is 11.1 Å². The summed E-state index contributed by atoms with van der Waals surface area (Å²) in [6, 6.07) is 0.493. The summed E-state index contributed by atoms with van der Waals surface area (Å²) in [6.07, 6.45) is 7.69. The van der Waals surface area contributed by atoms with Crippen molar-refractivity contribution in [2.45, 2.75) is 25.3 Å². The molecule has 15 heavy (non-hydrogen) atoms. The van der Waals surface area contributed by atoms with Gasteiger partial charge in [-0.3, -0.25) is 4.68 Å². The molecule has 2 rings (SSSR count). The molecule has 0 bridgehead atoms. The van der Waals surface area contributed by atoms with Crippen LogP contribution in [-0.4, -0.2) is 22.9 Å². The Bertz CT molecular complexity index is 299. The summed E-state index contributed by atoms with van der Waals surface area (Å²) in [6.45, 7) is 1.90. The number of aryl methyl sites for hydroxylation is 1. The number of hydrogen-bond acceptors (Lipinski definition) is 3. The van der Waals surface area contributed by atoms with E-state index in [1.54, 1.807) is 0 Å². The van der Waals surface area contributed by atoms with E-state index in [-0.39, 0.29) is 0 Å². The third kappa shape index (κ3) is 2.58. The SMILES string of the molecule is Cn1cc(C2CCC(CCN)CN2)cn1. The van der Waals surface area contributed by atoms with Gasteiger partial charge in [0.1, 0.15) is 0 Å². The second-order valence-corrected chi connectivity index (χ2v) is 4.43. The van der Waals surface area contributed by atoms with Crippen LogP contribution in [0.1, 0.15) is 30.9 Å². The Kier molecular flexibility index (Phi) is 3.38. The number of rotatable bonds is 3. The van der Waals surface area contributed by atoms with Gasteiger partial charge in [0.15, 0.2) is 0 Å². The van der Waals surface area contributed by atoms with Crippen LogP contribution in [0.25, 0.3) is 0 Å². The lowest BCUT2D eigenvalue weighted by molar-refractivity contribution is 0.303. The molecule has 0 aliphatic carbocycles. The van der Waals surface area contributed by atoms with Gasteiger partial charge in [0.2, 0.25) is 0 Å². The van der Waals surface area contributed by atoms with E-state index in [9.17, 15) is 0 Å². The number of nitrogens with zero attached hydrogens (tertiary/aromatic N) is 2. The summed E-state index contributed by atoms with van der Waals surface area (Å²) in [5.41, 5.74) is 6.88. The summed E-state index contributed by atoms with van der Waals surface area (Å²) in [5, 5.41) is 7.78. The van der Waals surface area contributed by atoms with Gasteiger partial charge in [-0.15, -0.1) is 0 Å². The quantitative estimate of drug-likeness (QED) is 0.773. The minimum absolute atomic E-state index is 0.493. The van der Waals surface area contributed by atoms with E-state index in [1.807, 2.05) is 17.9 Å². The zero-order valence-corrected chi connectivity index (χ0v) is 9.32. The maximum absolute atomic E-state index is 5.57. The number of nitrogens with one attached hydrogen (secondary N) is 1. The Morgan fingerprint density at radius 2 is 2.47 bits per heavy atom. The summed E-state index contributed by atoms with van der Waals surface area (Å²) >= 11 is 0. The normalized spacial score (nSPS) is 26.8. The fourth-order valence-electron chi connectivity index (χ4n) is 2.30. The minimum atomic E-state index is 0.493. The van der Waals surface area contributed by atoms with Crippen molar-refractivity contribution in [3.8, 4) is 0 Å². The molecule has 4 nitrogen and oxygen atoms in total. The number of hydrogen-bond donors (Lipinski definition) is 2. The third-order valence-corrected chi connectivity index (χ3v) is 3.22. The van der Waals surface area contributed by atoms with Gasteiger partial charge in [-0.05, 0) is 38.3 Å². The molecule has 1 aliphatic heterocycles. The van der Waals surface area contributed by atoms with E-state index in [0.29, 0.717) is 6.04 Å². The van der Waals surface area contributed by atoms with Gasteiger partial charge in [-0.25, -0.2) is 0 Å². The van der Waals surface area contributed by atoms with Gasteiger partial charge in [-0.1, -0.05) is 0 Å². The topological polar surface area (TPSA) is 55.9 Å². The second kappa shape index (κ2) is 4.77. The van der Waals surface area contributed by atoms with E-state index in [4.69, 9.17) is 5.73 Å². The number of aromatic nitrogens is 2. The minimum Gasteiger partial charge on any atom is -0.330 e. The molecule has 1 saturated heterocycles. The first-order valence-electron chi connectivity index (χ1n) is 5.71. The van der Waals surface area contributed by atoms with Crippen LogP contribution in [0.4, 0.5) is 0 Å². The third-order valence-electron chi connectivity index (χ3n) is 3.22. The van der Waals surface area contributed by atoms with Crippen molar-refractivity contribution in [1.82, 2.24) is 15.1 Å². The van der Waals surface area contributed by atoms with Crippen LogP contribution in [0.2, 0.25) is 0 Å². The second-order valence-electron chi connectivity index (χ2n) is 4.43. The molecule has 84 valence electrons. The molecule has 1 aromatic rings. The summed E-state index contributed by atoms with van der Waals surface area (Å²) in [4.78, 5) is 0. The molecule has 1 aromatic heterocycles. The van der Waals surface area contributed by atoms with E-state index < -0.39 is 0 Å². The smallest absolute Gasteiger partial charge is 0.0537 e. The standard InChI is InChI=1S/C11H20N4/c1-15-8-10(7-14-15)11-3-2-9(4-5-12)6-13-11/h7-9,11,13H,2-6,12H2,1H3. The highest BCUT2D eigenvalue weighted by atomic mass is 15.2. The van der Waals surface area contributed by atoms with Gasteiger partial charge >= 0.3 is 0 Å². The lowest BCUT2D eigenvalue weighted by atomic mass is 9.90. The van der Waals surface area contributed by atoms with Crippen molar-refractivity contribution in [2.24, 2.45) is 18.7 Å². The van der Waals surface area contributed by atoms with Crippen molar-refractivity contribution in [3.05, 3.63) is 18.0 Å². The van der Waals surface area contributed by atoms with E-state index in [1.165, 1.54) is 18.4 Å². The fraction of sp³-hybridized carbons (Fsp3) is 0.727. The first kappa shape index (κ1) is 10.6. The van der Waals surface area contributed by atoms with Crippen molar-refractivity contribution < 1.29 is 0 Å². The molecule has 2 heterocycles. The monoisotopic (exact) mass is 208 g/mol. The van der Waals surface area contributed by atoms with E-state index >= 15 is 0 Å². The van der Waals surface area contributed by atoms with Crippen LogP contribution in [0.3, 0.4) is 0 Å². The highest BCUT2D eigenvalue weighted by molar-refractivity contribution is 5.11. The molecule has 0 aromatic carbocycles. The lowest BCUT2D eigenvalue weighted by Gasteiger charge is -2.29. The Balaban J connectivity index is 1.88. The Hall–Kier alpha value is -0.870. The predicted octanol–water partition coefficient (Wildman–Crippen LogP) is 0.810. The zero-order chi connectivity index (χ0) is 10.7. The number of piperidine rings is 1. The van der Waals surface area contributed by atoms with E-state index in [2.05, 4.69) is 16.6 Å². The summed E-state index contributed by atoms with van der Waals surface area (Å²) < 4.78 is 1.86. The molecule has 3 N–H and O–H groups in total. The Morgan fingerprint density at radius 3 is 3.00 bits per heavy atom. The first-order chi connectivity index (χ1) is 7.29. The molecule has 0 spiro atoms. The predicted molar refractivity (Wildman–Crippen MR) is 60.3 cm³/mol. The molecule has 0 radical (unpaired) electrons. The zero-order valence-electron chi connectivity index (χ0n) is 9.32. The highest BCUT2D eigenvalue weighted by Gasteiger charge is 2.21. The van der Waals surface area contributed by atoms with Gasteiger partial charge in [0, 0.05) is 24.8 Å². The maximum Gasteiger partial charge on any atom is 0.0537 e. The molecule has 2 atom stereocenters. The van der Waals surface area contributed by atoms with Crippen LogP contribution >= 0.6 is 0 Å². The summed E-state index contributed by atoms with van der Waals surface area (Å²) in [5.74, 6) is 0.767. The summed E-state index contributed by atoms with van der Waals surface area (Å²) in [7, 11) is 1.96. The molecular weight excluding hydrogens is 188 g/mol. The van der Waals surface area contributed by atoms with Crippen LogP contribution < -0.4 is 11.1 Å². The Morgan fingerprint density at radius 1 is 1.60 bits per heavy atom. The van der Waals surface area contributed by atoms with Crippen molar-refractivity contribution in [1.29, 1.82) is 0 Å². The van der Waals surface area contributed by atoms with Crippen molar-refractivity contribution in [3.63, 3.8) is 0 Å². The lowest BCUT2D eigenvalue weighted by Crippen LogP contribution is -2.33. The molecule has 0 amide bonds. The van der Waals surface area contributed by atoms with Gasteiger partial charge in [-0.2, -0.15) is 5.10 Å². The Labute approximate surface area is 90.8 Å². The average Bonchev–Trinajstić information content (AvgIpc) is 2.67. The average molecular weight is 208 g/mol. The van der Waals surface area contributed by atoms with Crippen molar-refractivity contribution in [2.75, 3.05) is 13.1 Å². The molecule has 1 aliphatic rings. The van der Waals surface area contributed by atoms with Crippen LogP contribution in [0, 0.1) is 5.92 Å². The first-order valence-corrected chi connectivity index (χ1v) is 5.71. The van der Waals surface area contributed by atoms with Crippen LogP contribution in [-0.2, 0) is 7.05 Å². The fourth-order valence-corrected chi connectivity index (χ4v) is 2.30. The molecule has 2 unspecified atom stereocenters. The highest BCUT2D eigenvalue weighted by Crippen LogP contribution is 2.26. The molecular formula is C11H20N4.